The fraction of sp³-hybridized carbons (Fsp3) is 0.278. The summed E-state index contributed by atoms with van der Waals surface area (Å²) in [5, 5.41) is 2.90. The Morgan fingerprint density at radius 2 is 1.96 bits per heavy atom. The smallest absolute Gasteiger partial charge is 0.255 e. The van der Waals surface area contributed by atoms with Crippen LogP contribution in [0.15, 0.2) is 40.9 Å². The van der Waals surface area contributed by atoms with Crippen LogP contribution in [0.4, 0.5) is 5.69 Å². The van der Waals surface area contributed by atoms with Crippen LogP contribution in [0.2, 0.25) is 0 Å². The van der Waals surface area contributed by atoms with Gasteiger partial charge in [-0.3, -0.25) is 4.79 Å². The van der Waals surface area contributed by atoms with E-state index in [1.165, 1.54) is 0 Å². The van der Waals surface area contributed by atoms with Gasteiger partial charge in [-0.05, 0) is 76.1 Å². The number of para-hydroxylation sites is 1. The van der Waals surface area contributed by atoms with Crippen LogP contribution in [0.25, 0.3) is 0 Å². The highest BCUT2D eigenvalue weighted by molar-refractivity contribution is 14.1. The maximum absolute atomic E-state index is 12.6. The standard InChI is InChI=1S/C18H19BrINO3/c1-3-9-24-17-14(20)10-12(11-16(17)23-4-2)18(22)21-15-8-6-5-7-13(15)19/h5-8,10-11H,3-4,9H2,1-2H3,(H,21,22). The van der Waals surface area contributed by atoms with Crippen molar-refractivity contribution in [3.8, 4) is 11.5 Å². The number of benzene rings is 2. The van der Waals surface area contributed by atoms with E-state index in [2.05, 4.69) is 43.8 Å². The molecule has 0 spiro atoms. The van der Waals surface area contributed by atoms with Gasteiger partial charge in [-0.15, -0.1) is 0 Å². The lowest BCUT2D eigenvalue weighted by atomic mass is 10.1. The number of ether oxygens (including phenoxy) is 2. The second kappa shape index (κ2) is 9.27. The summed E-state index contributed by atoms with van der Waals surface area (Å²) in [6, 6.07) is 11.0. The Kier molecular flexibility index (Phi) is 7.36. The lowest BCUT2D eigenvalue weighted by Crippen LogP contribution is -2.13. The highest BCUT2D eigenvalue weighted by Gasteiger charge is 2.16. The Morgan fingerprint density at radius 1 is 1.21 bits per heavy atom. The summed E-state index contributed by atoms with van der Waals surface area (Å²) in [5.74, 6) is 1.09. The lowest BCUT2D eigenvalue weighted by molar-refractivity contribution is 0.102. The molecular weight excluding hydrogens is 485 g/mol. The van der Waals surface area contributed by atoms with Gasteiger partial charge in [-0.2, -0.15) is 0 Å². The largest absolute Gasteiger partial charge is 0.490 e. The average molecular weight is 504 g/mol. The van der Waals surface area contributed by atoms with Gasteiger partial charge in [0.05, 0.1) is 22.5 Å². The topological polar surface area (TPSA) is 47.6 Å². The second-order valence-corrected chi connectivity index (χ2v) is 7.02. The average Bonchev–Trinajstić information content (AvgIpc) is 2.56. The van der Waals surface area contributed by atoms with Crippen molar-refractivity contribution < 1.29 is 14.3 Å². The first-order chi connectivity index (χ1) is 11.6. The number of anilines is 1. The Labute approximate surface area is 164 Å². The summed E-state index contributed by atoms with van der Waals surface area (Å²) in [6.45, 7) is 5.07. The van der Waals surface area contributed by atoms with E-state index in [0.717, 1.165) is 20.2 Å². The van der Waals surface area contributed by atoms with Gasteiger partial charge < -0.3 is 14.8 Å². The summed E-state index contributed by atoms with van der Waals surface area (Å²) in [5.41, 5.74) is 1.25. The third kappa shape index (κ3) is 4.86. The van der Waals surface area contributed by atoms with E-state index in [9.17, 15) is 4.79 Å². The number of carbonyl (C=O) groups is 1. The molecule has 1 amide bonds. The maximum Gasteiger partial charge on any atom is 0.255 e. The Bertz CT molecular complexity index is 721. The van der Waals surface area contributed by atoms with Crippen molar-refractivity contribution in [3.05, 3.63) is 50.0 Å². The summed E-state index contributed by atoms with van der Waals surface area (Å²) in [4.78, 5) is 12.6. The van der Waals surface area contributed by atoms with Gasteiger partial charge in [0.25, 0.3) is 5.91 Å². The number of halogens is 2. The molecule has 0 unspecified atom stereocenters. The molecule has 0 bridgehead atoms. The highest BCUT2D eigenvalue weighted by Crippen LogP contribution is 2.35. The van der Waals surface area contributed by atoms with Crippen LogP contribution in [-0.2, 0) is 0 Å². The molecule has 24 heavy (non-hydrogen) atoms. The van der Waals surface area contributed by atoms with E-state index in [0.29, 0.717) is 30.3 Å². The lowest BCUT2D eigenvalue weighted by Gasteiger charge is -2.15. The first kappa shape index (κ1) is 19.1. The Morgan fingerprint density at radius 3 is 2.62 bits per heavy atom. The summed E-state index contributed by atoms with van der Waals surface area (Å²) in [6.07, 6.45) is 0.909. The zero-order valence-electron chi connectivity index (χ0n) is 13.6. The molecule has 0 heterocycles. The van der Waals surface area contributed by atoms with Gasteiger partial charge >= 0.3 is 0 Å². The van der Waals surface area contributed by atoms with E-state index < -0.39 is 0 Å². The van der Waals surface area contributed by atoms with Gasteiger partial charge in [-0.25, -0.2) is 0 Å². The number of hydrogen-bond donors (Lipinski definition) is 1. The number of carbonyl (C=O) groups excluding carboxylic acids is 1. The molecule has 0 fully saturated rings. The molecule has 0 aliphatic heterocycles. The molecule has 0 saturated carbocycles. The third-order valence-electron chi connectivity index (χ3n) is 3.14. The van der Waals surface area contributed by atoms with E-state index in [1.807, 2.05) is 38.1 Å². The minimum absolute atomic E-state index is 0.192. The first-order valence-electron chi connectivity index (χ1n) is 7.71. The number of hydrogen-bond acceptors (Lipinski definition) is 3. The molecule has 0 radical (unpaired) electrons. The van der Waals surface area contributed by atoms with Crippen LogP contribution >= 0.6 is 38.5 Å². The molecule has 2 aromatic rings. The monoisotopic (exact) mass is 503 g/mol. The summed E-state index contributed by atoms with van der Waals surface area (Å²) >= 11 is 5.60. The van der Waals surface area contributed by atoms with Crippen LogP contribution < -0.4 is 14.8 Å². The summed E-state index contributed by atoms with van der Waals surface area (Å²) < 4.78 is 13.1. The number of amides is 1. The second-order valence-electron chi connectivity index (χ2n) is 5.00. The molecule has 6 heteroatoms. The predicted molar refractivity (Wildman–Crippen MR) is 108 cm³/mol. The van der Waals surface area contributed by atoms with E-state index in [-0.39, 0.29) is 5.91 Å². The first-order valence-corrected chi connectivity index (χ1v) is 9.59. The molecule has 128 valence electrons. The molecular formula is C18H19BrINO3. The molecule has 4 nitrogen and oxygen atoms in total. The fourth-order valence-electron chi connectivity index (χ4n) is 2.06. The fourth-order valence-corrected chi connectivity index (χ4v) is 3.20. The predicted octanol–water partition coefficient (Wildman–Crippen LogP) is 5.49. The van der Waals surface area contributed by atoms with Gasteiger partial charge in [0, 0.05) is 10.0 Å². The number of nitrogens with one attached hydrogen (secondary N) is 1. The van der Waals surface area contributed by atoms with Crippen molar-refractivity contribution in [2.45, 2.75) is 20.3 Å². The van der Waals surface area contributed by atoms with Crippen molar-refractivity contribution in [1.82, 2.24) is 0 Å². The molecule has 0 aliphatic rings. The SMILES string of the molecule is CCCOc1c(I)cc(C(=O)Nc2ccccc2Br)cc1OCC. The van der Waals surface area contributed by atoms with Crippen LogP contribution in [-0.4, -0.2) is 19.1 Å². The van der Waals surface area contributed by atoms with Crippen LogP contribution in [0.3, 0.4) is 0 Å². The molecule has 0 saturated heterocycles. The van der Waals surface area contributed by atoms with Crippen molar-refractivity contribution in [3.63, 3.8) is 0 Å². The van der Waals surface area contributed by atoms with Gasteiger partial charge in [0.1, 0.15) is 0 Å². The molecule has 0 atom stereocenters. The van der Waals surface area contributed by atoms with Crippen molar-refractivity contribution in [2.24, 2.45) is 0 Å². The molecule has 0 aliphatic carbocycles. The Balaban J connectivity index is 2.29. The third-order valence-corrected chi connectivity index (χ3v) is 4.64. The molecule has 2 rings (SSSR count). The minimum Gasteiger partial charge on any atom is -0.490 e. The quantitative estimate of drug-likeness (QED) is 0.508. The Hall–Kier alpha value is -1.28. The van der Waals surface area contributed by atoms with Gasteiger partial charge in [0.15, 0.2) is 11.5 Å². The zero-order chi connectivity index (χ0) is 17.5. The molecule has 0 aromatic heterocycles. The van der Waals surface area contributed by atoms with Crippen LogP contribution in [0, 0.1) is 3.57 Å². The van der Waals surface area contributed by atoms with E-state index in [4.69, 9.17) is 9.47 Å². The summed E-state index contributed by atoms with van der Waals surface area (Å²) in [7, 11) is 0. The molecule has 1 N–H and O–H groups in total. The van der Waals surface area contributed by atoms with Crippen LogP contribution in [0.5, 0.6) is 11.5 Å². The zero-order valence-corrected chi connectivity index (χ0v) is 17.3. The van der Waals surface area contributed by atoms with Gasteiger partial charge in [-0.1, -0.05) is 19.1 Å². The maximum atomic E-state index is 12.6. The number of rotatable bonds is 7. The minimum atomic E-state index is -0.192. The normalized spacial score (nSPS) is 10.3. The van der Waals surface area contributed by atoms with Crippen molar-refractivity contribution >= 4 is 50.1 Å². The molecule has 2 aromatic carbocycles. The van der Waals surface area contributed by atoms with Crippen molar-refractivity contribution in [2.75, 3.05) is 18.5 Å². The highest BCUT2D eigenvalue weighted by atomic mass is 127. The van der Waals surface area contributed by atoms with Gasteiger partial charge in [0.2, 0.25) is 0 Å². The van der Waals surface area contributed by atoms with E-state index >= 15 is 0 Å². The van der Waals surface area contributed by atoms with Crippen molar-refractivity contribution in [1.29, 1.82) is 0 Å². The van der Waals surface area contributed by atoms with Crippen LogP contribution in [0.1, 0.15) is 30.6 Å². The van der Waals surface area contributed by atoms with E-state index in [1.54, 1.807) is 12.1 Å².